The zero-order valence-corrected chi connectivity index (χ0v) is 15.2. The first-order valence-electron chi connectivity index (χ1n) is 8.66. The van der Waals surface area contributed by atoms with Crippen LogP contribution in [0.2, 0.25) is 0 Å². The zero-order chi connectivity index (χ0) is 20.3. The molecule has 0 saturated heterocycles. The Morgan fingerprint density at radius 3 is 2.64 bits per heavy atom. The number of ketones is 1. The van der Waals surface area contributed by atoms with Crippen molar-refractivity contribution in [2.75, 3.05) is 0 Å². The summed E-state index contributed by atoms with van der Waals surface area (Å²) in [4.78, 5) is 26.5. The highest BCUT2D eigenvalue weighted by Gasteiger charge is 2.17. The molecular formula is C21H19FN2O4. The van der Waals surface area contributed by atoms with E-state index in [2.05, 4.69) is 4.98 Å². The van der Waals surface area contributed by atoms with Crippen molar-refractivity contribution in [2.45, 2.75) is 18.9 Å². The minimum atomic E-state index is -1.22. The van der Waals surface area contributed by atoms with Crippen molar-refractivity contribution in [3.8, 4) is 11.1 Å². The van der Waals surface area contributed by atoms with Gasteiger partial charge in [-0.15, -0.1) is 0 Å². The molecule has 2 aromatic heterocycles. The highest BCUT2D eigenvalue weighted by molar-refractivity contribution is 5.99. The largest absolute Gasteiger partial charge is 0.481 e. The summed E-state index contributed by atoms with van der Waals surface area (Å²) in [6.07, 6.45) is 2.77. The van der Waals surface area contributed by atoms with Crippen LogP contribution in [0.15, 0.2) is 48.7 Å². The Morgan fingerprint density at radius 1 is 1.25 bits per heavy atom. The lowest BCUT2D eigenvalue weighted by atomic mass is 10.0. The fourth-order valence-electron chi connectivity index (χ4n) is 3.14. The third-order valence-electron chi connectivity index (χ3n) is 4.39. The Hall–Kier alpha value is -3.32. The van der Waals surface area contributed by atoms with E-state index in [0.717, 1.165) is 27.9 Å². The number of carboxylic acids is 1. The summed E-state index contributed by atoms with van der Waals surface area (Å²) in [6.45, 7) is 0. The lowest BCUT2D eigenvalue weighted by molar-refractivity contribution is -0.140. The van der Waals surface area contributed by atoms with Gasteiger partial charge in [-0.3, -0.25) is 9.59 Å². The van der Waals surface area contributed by atoms with Crippen LogP contribution in [-0.2, 0) is 16.6 Å². The molecule has 0 radical (unpaired) electrons. The maximum atomic E-state index is 13.3. The van der Waals surface area contributed by atoms with Crippen LogP contribution in [0.4, 0.5) is 4.39 Å². The number of benzene rings is 1. The number of carbonyl (C=O) groups excluding carboxylic acids is 1. The maximum absolute atomic E-state index is 13.3. The molecule has 28 heavy (non-hydrogen) atoms. The summed E-state index contributed by atoms with van der Waals surface area (Å²) in [6, 6.07) is 9.80. The van der Waals surface area contributed by atoms with Gasteiger partial charge in [0.1, 0.15) is 23.7 Å². The fourth-order valence-corrected chi connectivity index (χ4v) is 3.14. The summed E-state index contributed by atoms with van der Waals surface area (Å²) in [5.74, 6) is -2.12. The van der Waals surface area contributed by atoms with E-state index in [1.807, 2.05) is 23.7 Å². The van der Waals surface area contributed by atoms with E-state index in [4.69, 9.17) is 5.11 Å². The first-order valence-corrected chi connectivity index (χ1v) is 8.66. The van der Waals surface area contributed by atoms with Gasteiger partial charge < -0.3 is 14.8 Å². The first-order chi connectivity index (χ1) is 13.4. The average molecular weight is 382 g/mol. The van der Waals surface area contributed by atoms with Crippen LogP contribution in [0.3, 0.4) is 0 Å². The van der Waals surface area contributed by atoms with E-state index in [1.54, 1.807) is 24.4 Å². The van der Waals surface area contributed by atoms with Crippen LogP contribution >= 0.6 is 0 Å². The topological polar surface area (TPSA) is 92.4 Å². The van der Waals surface area contributed by atoms with Gasteiger partial charge in [-0.2, -0.15) is 0 Å². The molecule has 1 unspecified atom stereocenters. The Bertz CT molecular complexity index is 1050. The highest BCUT2D eigenvalue weighted by atomic mass is 19.1. The third-order valence-corrected chi connectivity index (χ3v) is 4.39. The molecule has 7 heteroatoms. The predicted molar refractivity (Wildman–Crippen MR) is 103 cm³/mol. The van der Waals surface area contributed by atoms with Gasteiger partial charge in [-0.05, 0) is 35.9 Å². The van der Waals surface area contributed by atoms with Crippen LogP contribution in [0.5, 0.6) is 0 Å². The molecule has 2 heterocycles. The van der Waals surface area contributed by atoms with Crippen LogP contribution in [0.25, 0.3) is 28.2 Å². The van der Waals surface area contributed by atoms with Crippen LogP contribution in [-0.4, -0.2) is 37.6 Å². The van der Waals surface area contributed by atoms with Gasteiger partial charge in [-0.25, -0.2) is 9.37 Å². The van der Waals surface area contributed by atoms with Crippen LogP contribution in [0, 0.1) is 5.82 Å². The molecule has 3 rings (SSSR count). The zero-order valence-electron chi connectivity index (χ0n) is 15.2. The van der Waals surface area contributed by atoms with Crippen molar-refractivity contribution in [1.29, 1.82) is 0 Å². The minimum absolute atomic E-state index is 0.281. The molecule has 144 valence electrons. The molecule has 0 aliphatic heterocycles. The number of aromatic nitrogens is 2. The van der Waals surface area contributed by atoms with Gasteiger partial charge >= 0.3 is 5.97 Å². The predicted octanol–water partition coefficient (Wildman–Crippen LogP) is 3.19. The summed E-state index contributed by atoms with van der Waals surface area (Å²) >= 11 is 0. The van der Waals surface area contributed by atoms with E-state index >= 15 is 0 Å². The number of aliphatic hydroxyl groups is 1. The van der Waals surface area contributed by atoms with E-state index in [9.17, 15) is 19.1 Å². The number of aryl methyl sites for hydroxylation is 1. The van der Waals surface area contributed by atoms with Crippen LogP contribution < -0.4 is 0 Å². The number of carbonyl (C=O) groups is 2. The van der Waals surface area contributed by atoms with Crippen molar-refractivity contribution < 1.29 is 24.2 Å². The normalized spacial score (nSPS) is 12.5. The van der Waals surface area contributed by atoms with Gasteiger partial charge in [0.15, 0.2) is 0 Å². The Kier molecular flexibility index (Phi) is 5.65. The number of aliphatic hydroxyl groups excluding tert-OH is 1. The molecule has 6 nitrogen and oxygen atoms in total. The van der Waals surface area contributed by atoms with Crippen molar-refractivity contribution in [2.24, 2.45) is 7.05 Å². The quantitative estimate of drug-likeness (QED) is 0.612. The van der Waals surface area contributed by atoms with E-state index < -0.39 is 24.3 Å². The molecule has 0 aliphatic rings. The third kappa shape index (κ3) is 4.15. The van der Waals surface area contributed by atoms with Gasteiger partial charge in [0.25, 0.3) is 0 Å². The summed E-state index contributed by atoms with van der Waals surface area (Å²) < 4.78 is 15.2. The lowest BCUT2D eigenvalue weighted by Gasteiger charge is -2.06. The van der Waals surface area contributed by atoms with Gasteiger partial charge in [0.2, 0.25) is 0 Å². The number of halogens is 1. The molecule has 0 fully saturated rings. The van der Waals surface area contributed by atoms with Crippen molar-refractivity contribution >= 4 is 28.9 Å². The molecule has 0 amide bonds. The van der Waals surface area contributed by atoms with Gasteiger partial charge in [0, 0.05) is 30.6 Å². The molecule has 2 N–H and O–H groups in total. The number of hydrogen-bond donors (Lipinski definition) is 2. The Labute approximate surface area is 160 Å². The SMILES string of the molecule is Cn1c(C=CC(O)CC(=O)CC(=O)O)c(-c2ccc(F)cc2)c2cccnc21. The van der Waals surface area contributed by atoms with Crippen molar-refractivity contribution in [3.63, 3.8) is 0 Å². The Balaban J connectivity index is 1.99. The number of hydrogen-bond acceptors (Lipinski definition) is 4. The van der Waals surface area contributed by atoms with E-state index in [-0.39, 0.29) is 12.2 Å². The number of pyridine rings is 1. The van der Waals surface area contributed by atoms with Crippen LogP contribution in [0.1, 0.15) is 18.5 Å². The van der Waals surface area contributed by atoms with Crippen molar-refractivity contribution in [1.82, 2.24) is 9.55 Å². The molecule has 1 aromatic carbocycles. The number of Topliss-reactive ketones (excluding diaryl/α,β-unsaturated/α-hetero) is 1. The standard InChI is InChI=1S/C21H19FN2O4/c1-24-18(9-8-15(25)11-16(26)12-19(27)28)20(13-4-6-14(22)7-5-13)17-3-2-10-23-21(17)24/h2-10,15,25H,11-12H2,1H3,(H,27,28). The van der Waals surface area contributed by atoms with E-state index in [1.165, 1.54) is 18.2 Å². The summed E-state index contributed by atoms with van der Waals surface area (Å²) in [5.41, 5.74) is 3.06. The highest BCUT2D eigenvalue weighted by Crippen LogP contribution is 2.34. The summed E-state index contributed by atoms with van der Waals surface area (Å²) in [5, 5.41) is 19.6. The molecule has 0 saturated carbocycles. The molecule has 0 spiro atoms. The average Bonchev–Trinajstić information content (AvgIpc) is 2.92. The molecule has 1 atom stereocenters. The molecule has 0 bridgehead atoms. The second-order valence-corrected chi connectivity index (χ2v) is 6.44. The number of aliphatic carboxylic acids is 1. The second kappa shape index (κ2) is 8.14. The lowest BCUT2D eigenvalue weighted by Crippen LogP contribution is -2.14. The van der Waals surface area contributed by atoms with E-state index in [0.29, 0.717) is 0 Å². The first kappa shape index (κ1) is 19.4. The molecule has 3 aromatic rings. The van der Waals surface area contributed by atoms with Gasteiger partial charge in [-0.1, -0.05) is 18.2 Å². The fraction of sp³-hybridized carbons (Fsp3) is 0.190. The number of nitrogens with zero attached hydrogens (tertiary/aromatic N) is 2. The maximum Gasteiger partial charge on any atom is 0.310 e. The molecular weight excluding hydrogens is 363 g/mol. The minimum Gasteiger partial charge on any atom is -0.481 e. The second-order valence-electron chi connectivity index (χ2n) is 6.44. The smallest absolute Gasteiger partial charge is 0.310 e. The summed E-state index contributed by atoms with van der Waals surface area (Å²) in [7, 11) is 1.82. The Morgan fingerprint density at radius 2 is 1.96 bits per heavy atom. The number of fused-ring (bicyclic) bond motifs is 1. The van der Waals surface area contributed by atoms with Gasteiger partial charge in [0.05, 0.1) is 11.8 Å². The van der Waals surface area contributed by atoms with Crippen molar-refractivity contribution in [3.05, 3.63) is 60.2 Å². The number of carboxylic acid groups (broad SMARTS) is 1. The number of rotatable bonds is 7. The molecule has 0 aliphatic carbocycles. The monoisotopic (exact) mass is 382 g/mol.